The molecule has 1 unspecified atom stereocenters. The molecule has 1 aromatic heterocycles. The Morgan fingerprint density at radius 1 is 1.24 bits per heavy atom. The highest BCUT2D eigenvalue weighted by molar-refractivity contribution is 7.10. The molecule has 0 saturated heterocycles. The predicted octanol–water partition coefficient (Wildman–Crippen LogP) is 4.28. The Labute approximate surface area is 106 Å². The SMILES string of the molecule is CCCC(Nc1ccccc1N)c1cccs1. The molecule has 0 amide bonds. The van der Waals surface area contributed by atoms with Crippen LogP contribution in [0, 0.1) is 0 Å². The Balaban J connectivity index is 2.16. The average molecular weight is 246 g/mol. The lowest BCUT2D eigenvalue weighted by Crippen LogP contribution is -2.10. The third-order valence-corrected chi connectivity index (χ3v) is 3.74. The van der Waals surface area contributed by atoms with Crippen LogP contribution < -0.4 is 11.1 Å². The molecule has 0 aliphatic carbocycles. The average Bonchev–Trinajstić information content (AvgIpc) is 2.85. The zero-order chi connectivity index (χ0) is 12.1. The lowest BCUT2D eigenvalue weighted by atomic mass is 10.1. The fourth-order valence-electron chi connectivity index (χ4n) is 1.88. The van der Waals surface area contributed by atoms with Crippen molar-refractivity contribution < 1.29 is 0 Å². The summed E-state index contributed by atoms with van der Waals surface area (Å²) in [4.78, 5) is 1.37. The molecular formula is C14H18N2S. The van der Waals surface area contributed by atoms with Crippen molar-refractivity contribution in [1.29, 1.82) is 0 Å². The van der Waals surface area contributed by atoms with Gasteiger partial charge in [-0.25, -0.2) is 0 Å². The first-order valence-corrected chi connectivity index (χ1v) is 6.83. The first-order chi connectivity index (χ1) is 8.31. The van der Waals surface area contributed by atoms with Crippen molar-refractivity contribution in [3.05, 3.63) is 46.7 Å². The number of hydrogen-bond donors (Lipinski definition) is 2. The summed E-state index contributed by atoms with van der Waals surface area (Å²) in [6.07, 6.45) is 2.27. The molecule has 1 atom stereocenters. The zero-order valence-electron chi connectivity index (χ0n) is 10.0. The number of hydrogen-bond acceptors (Lipinski definition) is 3. The van der Waals surface area contributed by atoms with Crippen LogP contribution in [0.2, 0.25) is 0 Å². The van der Waals surface area contributed by atoms with E-state index in [4.69, 9.17) is 5.73 Å². The lowest BCUT2D eigenvalue weighted by Gasteiger charge is -2.19. The summed E-state index contributed by atoms with van der Waals surface area (Å²) < 4.78 is 0. The fraction of sp³-hybridized carbons (Fsp3) is 0.286. The van der Waals surface area contributed by atoms with E-state index < -0.39 is 0 Å². The van der Waals surface area contributed by atoms with Gasteiger partial charge in [-0.15, -0.1) is 11.3 Å². The van der Waals surface area contributed by atoms with Crippen LogP contribution in [0.3, 0.4) is 0 Å². The van der Waals surface area contributed by atoms with Crippen molar-refractivity contribution in [2.24, 2.45) is 0 Å². The maximum Gasteiger partial charge on any atom is 0.0607 e. The highest BCUT2D eigenvalue weighted by Gasteiger charge is 2.12. The third-order valence-electron chi connectivity index (χ3n) is 2.75. The van der Waals surface area contributed by atoms with E-state index in [1.165, 1.54) is 4.88 Å². The van der Waals surface area contributed by atoms with Crippen LogP contribution >= 0.6 is 11.3 Å². The molecule has 0 bridgehead atoms. The van der Waals surface area contributed by atoms with E-state index in [2.05, 4.69) is 29.8 Å². The standard InChI is InChI=1S/C14H18N2S/c1-2-6-13(14-9-5-10-17-14)16-12-8-4-3-7-11(12)15/h3-5,7-10,13,16H,2,6,15H2,1H3. The summed E-state index contributed by atoms with van der Waals surface area (Å²) in [6, 6.07) is 12.6. The molecule has 0 spiro atoms. The monoisotopic (exact) mass is 246 g/mol. The van der Waals surface area contributed by atoms with Gasteiger partial charge in [-0.05, 0) is 30.0 Å². The first-order valence-electron chi connectivity index (χ1n) is 5.95. The molecule has 2 nitrogen and oxygen atoms in total. The van der Waals surface area contributed by atoms with Gasteiger partial charge in [0, 0.05) is 4.88 Å². The molecule has 3 heteroatoms. The highest BCUT2D eigenvalue weighted by atomic mass is 32.1. The van der Waals surface area contributed by atoms with E-state index in [9.17, 15) is 0 Å². The molecule has 0 saturated carbocycles. The summed E-state index contributed by atoms with van der Waals surface area (Å²) in [5.74, 6) is 0. The van der Waals surface area contributed by atoms with Gasteiger partial charge in [0.1, 0.15) is 0 Å². The fourth-order valence-corrected chi connectivity index (χ4v) is 2.69. The number of nitrogen functional groups attached to an aromatic ring is 1. The third kappa shape index (κ3) is 3.01. The minimum atomic E-state index is 0.365. The predicted molar refractivity (Wildman–Crippen MR) is 76.4 cm³/mol. The highest BCUT2D eigenvalue weighted by Crippen LogP contribution is 2.29. The minimum Gasteiger partial charge on any atom is -0.397 e. The van der Waals surface area contributed by atoms with Gasteiger partial charge in [-0.2, -0.15) is 0 Å². The van der Waals surface area contributed by atoms with E-state index >= 15 is 0 Å². The van der Waals surface area contributed by atoms with E-state index in [1.54, 1.807) is 11.3 Å². The molecule has 17 heavy (non-hydrogen) atoms. The molecule has 0 aliphatic heterocycles. The number of nitrogens with two attached hydrogens (primary N) is 1. The van der Waals surface area contributed by atoms with Crippen LogP contribution in [0.25, 0.3) is 0 Å². The van der Waals surface area contributed by atoms with Gasteiger partial charge in [0.05, 0.1) is 17.4 Å². The largest absolute Gasteiger partial charge is 0.397 e. The Morgan fingerprint density at radius 2 is 2.06 bits per heavy atom. The second-order valence-electron chi connectivity index (χ2n) is 4.09. The normalized spacial score (nSPS) is 12.3. The van der Waals surface area contributed by atoms with Gasteiger partial charge in [0.15, 0.2) is 0 Å². The van der Waals surface area contributed by atoms with Crippen LogP contribution in [0.4, 0.5) is 11.4 Å². The topological polar surface area (TPSA) is 38.0 Å². The minimum absolute atomic E-state index is 0.365. The summed E-state index contributed by atoms with van der Waals surface area (Å²) in [5, 5.41) is 5.66. The molecular weight excluding hydrogens is 228 g/mol. The number of rotatable bonds is 5. The molecule has 2 aromatic rings. The summed E-state index contributed by atoms with van der Waals surface area (Å²) in [7, 11) is 0. The summed E-state index contributed by atoms with van der Waals surface area (Å²) >= 11 is 1.79. The van der Waals surface area contributed by atoms with Crippen molar-refractivity contribution in [2.75, 3.05) is 11.1 Å². The number of para-hydroxylation sites is 2. The van der Waals surface area contributed by atoms with E-state index in [-0.39, 0.29) is 0 Å². The van der Waals surface area contributed by atoms with Gasteiger partial charge in [-0.3, -0.25) is 0 Å². The number of anilines is 2. The molecule has 1 heterocycles. The summed E-state index contributed by atoms with van der Waals surface area (Å²) in [5.41, 5.74) is 7.80. The van der Waals surface area contributed by atoms with E-state index in [1.807, 2.05) is 24.3 Å². The van der Waals surface area contributed by atoms with Crippen LogP contribution in [0.15, 0.2) is 41.8 Å². The Kier molecular flexibility index (Phi) is 4.04. The molecule has 0 fully saturated rings. The maximum atomic E-state index is 5.96. The molecule has 0 radical (unpaired) electrons. The maximum absolute atomic E-state index is 5.96. The first kappa shape index (κ1) is 12.0. The Bertz CT molecular complexity index is 451. The lowest BCUT2D eigenvalue weighted by molar-refractivity contribution is 0.688. The molecule has 2 rings (SSSR count). The van der Waals surface area contributed by atoms with Gasteiger partial charge < -0.3 is 11.1 Å². The van der Waals surface area contributed by atoms with Crippen molar-refractivity contribution in [2.45, 2.75) is 25.8 Å². The quantitative estimate of drug-likeness (QED) is 0.773. The van der Waals surface area contributed by atoms with Gasteiger partial charge in [0.25, 0.3) is 0 Å². The summed E-state index contributed by atoms with van der Waals surface area (Å²) in [6.45, 7) is 2.20. The van der Waals surface area contributed by atoms with Crippen LogP contribution in [0.5, 0.6) is 0 Å². The second kappa shape index (κ2) is 5.73. The van der Waals surface area contributed by atoms with Gasteiger partial charge in [0.2, 0.25) is 0 Å². The van der Waals surface area contributed by atoms with Crippen molar-refractivity contribution in [3.8, 4) is 0 Å². The number of benzene rings is 1. The van der Waals surface area contributed by atoms with Gasteiger partial charge >= 0.3 is 0 Å². The van der Waals surface area contributed by atoms with Crippen LogP contribution in [-0.2, 0) is 0 Å². The number of thiophene rings is 1. The smallest absolute Gasteiger partial charge is 0.0607 e. The molecule has 3 N–H and O–H groups in total. The zero-order valence-corrected chi connectivity index (χ0v) is 10.8. The van der Waals surface area contributed by atoms with Crippen molar-refractivity contribution in [1.82, 2.24) is 0 Å². The molecule has 1 aromatic carbocycles. The van der Waals surface area contributed by atoms with E-state index in [0.29, 0.717) is 6.04 Å². The van der Waals surface area contributed by atoms with Crippen molar-refractivity contribution >= 4 is 22.7 Å². The van der Waals surface area contributed by atoms with Crippen LogP contribution in [-0.4, -0.2) is 0 Å². The molecule has 0 aliphatic rings. The Hall–Kier alpha value is -1.48. The van der Waals surface area contributed by atoms with Gasteiger partial charge in [-0.1, -0.05) is 31.5 Å². The molecule has 90 valence electrons. The van der Waals surface area contributed by atoms with Crippen molar-refractivity contribution in [3.63, 3.8) is 0 Å². The van der Waals surface area contributed by atoms with Crippen LogP contribution in [0.1, 0.15) is 30.7 Å². The second-order valence-corrected chi connectivity index (χ2v) is 5.07. The number of nitrogens with one attached hydrogen (secondary N) is 1. The van der Waals surface area contributed by atoms with E-state index in [0.717, 1.165) is 24.2 Å². The Morgan fingerprint density at radius 3 is 2.71 bits per heavy atom.